The molecule has 2 aromatic heterocycles. The second-order valence-electron chi connectivity index (χ2n) is 5.59. The minimum absolute atomic E-state index is 0.000332. The normalized spacial score (nSPS) is 10.6. The summed E-state index contributed by atoms with van der Waals surface area (Å²) in [4.78, 5) is 16.2. The van der Waals surface area contributed by atoms with E-state index in [1.54, 1.807) is 37.6 Å². The Balaban J connectivity index is 1.37. The zero-order chi connectivity index (χ0) is 17.5. The highest BCUT2D eigenvalue weighted by Gasteiger charge is 2.04. The Labute approximate surface area is 146 Å². The van der Waals surface area contributed by atoms with Crippen LogP contribution in [0.1, 0.15) is 6.42 Å². The first-order chi connectivity index (χ1) is 12.3. The Bertz CT molecular complexity index is 827. The molecule has 25 heavy (non-hydrogen) atoms. The van der Waals surface area contributed by atoms with E-state index in [1.165, 1.54) is 0 Å². The molecule has 0 aliphatic carbocycles. The molecule has 0 bridgehead atoms. The fourth-order valence-electron chi connectivity index (χ4n) is 2.55. The van der Waals surface area contributed by atoms with Crippen LogP contribution in [0.5, 0.6) is 11.5 Å². The molecule has 0 saturated heterocycles. The van der Waals surface area contributed by atoms with E-state index < -0.39 is 0 Å². The number of rotatable bonds is 8. The zero-order valence-corrected chi connectivity index (χ0v) is 14.1. The van der Waals surface area contributed by atoms with Crippen molar-refractivity contribution in [2.24, 2.45) is 0 Å². The smallest absolute Gasteiger partial charge is 0.257 e. The number of amides is 1. The van der Waals surface area contributed by atoms with Gasteiger partial charge in [0.25, 0.3) is 5.91 Å². The first-order valence-electron chi connectivity index (χ1n) is 8.19. The third-order valence-electron chi connectivity index (χ3n) is 3.85. The van der Waals surface area contributed by atoms with E-state index in [9.17, 15) is 4.79 Å². The summed E-state index contributed by atoms with van der Waals surface area (Å²) in [6.45, 7) is 1.40. The molecule has 1 amide bonds. The molecule has 1 aromatic carbocycles. The van der Waals surface area contributed by atoms with Gasteiger partial charge in [0.05, 0.1) is 7.11 Å². The molecule has 0 aliphatic heterocycles. The molecule has 6 nitrogen and oxygen atoms in total. The van der Waals surface area contributed by atoms with Crippen LogP contribution in [0.3, 0.4) is 0 Å². The van der Waals surface area contributed by atoms with E-state index in [2.05, 4.69) is 14.9 Å². The highest BCUT2D eigenvalue weighted by molar-refractivity contribution is 5.77. The maximum absolute atomic E-state index is 11.8. The van der Waals surface area contributed by atoms with Gasteiger partial charge >= 0.3 is 0 Å². The van der Waals surface area contributed by atoms with Gasteiger partial charge in [-0.25, -0.2) is 4.98 Å². The molecule has 3 rings (SSSR count). The van der Waals surface area contributed by atoms with Gasteiger partial charge in [0.1, 0.15) is 17.1 Å². The van der Waals surface area contributed by atoms with Gasteiger partial charge in [-0.05, 0) is 48.9 Å². The van der Waals surface area contributed by atoms with Gasteiger partial charge in [0, 0.05) is 30.9 Å². The van der Waals surface area contributed by atoms with Crippen LogP contribution in [0.15, 0.2) is 54.9 Å². The molecule has 3 aromatic rings. The first kappa shape index (κ1) is 16.8. The number of aryl methyl sites for hydroxylation is 1. The molecule has 0 aliphatic rings. The van der Waals surface area contributed by atoms with Crippen molar-refractivity contribution >= 4 is 16.9 Å². The number of benzene rings is 1. The van der Waals surface area contributed by atoms with E-state index in [4.69, 9.17) is 9.47 Å². The largest absolute Gasteiger partial charge is 0.497 e. The highest BCUT2D eigenvalue weighted by atomic mass is 16.5. The van der Waals surface area contributed by atoms with Crippen molar-refractivity contribution in [2.75, 3.05) is 20.3 Å². The predicted molar refractivity (Wildman–Crippen MR) is 95.8 cm³/mol. The molecule has 2 heterocycles. The minimum atomic E-state index is -0.133. The number of carbonyl (C=O) groups excluding carboxylic acids is 1. The van der Waals surface area contributed by atoms with E-state index >= 15 is 0 Å². The second-order valence-corrected chi connectivity index (χ2v) is 5.59. The van der Waals surface area contributed by atoms with Gasteiger partial charge < -0.3 is 19.4 Å². The van der Waals surface area contributed by atoms with E-state index in [0.717, 1.165) is 29.7 Å². The summed E-state index contributed by atoms with van der Waals surface area (Å²) < 4.78 is 12.6. The summed E-state index contributed by atoms with van der Waals surface area (Å²) in [6.07, 6.45) is 4.64. The van der Waals surface area contributed by atoms with Crippen molar-refractivity contribution in [1.29, 1.82) is 0 Å². The number of pyridine rings is 1. The average molecular weight is 339 g/mol. The van der Waals surface area contributed by atoms with Crippen LogP contribution in [0.4, 0.5) is 0 Å². The molecule has 1 N–H and O–H groups in total. The standard InChI is InChI=1S/C19H21N3O3/c1-24-16-5-7-17(8-6-16)25-14-18(23)20-11-3-12-22-13-9-15-4-2-10-21-19(15)22/h2,4-10,13H,3,11-12,14H2,1H3,(H,20,23). The Kier molecular flexibility index (Phi) is 5.51. The molecular formula is C19H21N3O3. The lowest BCUT2D eigenvalue weighted by Gasteiger charge is -2.09. The molecule has 6 heteroatoms. The Morgan fingerprint density at radius 3 is 2.76 bits per heavy atom. The summed E-state index contributed by atoms with van der Waals surface area (Å²) >= 11 is 0. The summed E-state index contributed by atoms with van der Waals surface area (Å²) in [6, 6.07) is 13.1. The molecule has 0 unspecified atom stereocenters. The van der Waals surface area contributed by atoms with Gasteiger partial charge in [0.2, 0.25) is 0 Å². The van der Waals surface area contributed by atoms with Gasteiger partial charge in [0.15, 0.2) is 6.61 Å². The van der Waals surface area contributed by atoms with E-state index in [-0.39, 0.29) is 12.5 Å². The number of nitrogens with zero attached hydrogens (tertiary/aromatic N) is 2. The van der Waals surface area contributed by atoms with Gasteiger partial charge in [-0.15, -0.1) is 0 Å². The van der Waals surface area contributed by atoms with Crippen LogP contribution >= 0.6 is 0 Å². The molecule has 0 spiro atoms. The topological polar surface area (TPSA) is 65.4 Å². The summed E-state index contributed by atoms with van der Waals surface area (Å²) in [5, 5.41) is 3.99. The molecule has 130 valence electrons. The van der Waals surface area contributed by atoms with Crippen molar-refractivity contribution < 1.29 is 14.3 Å². The van der Waals surface area contributed by atoms with Crippen LogP contribution in [0.2, 0.25) is 0 Å². The van der Waals surface area contributed by atoms with Crippen LogP contribution < -0.4 is 14.8 Å². The Hall–Kier alpha value is -3.02. The third kappa shape index (κ3) is 4.50. The molecule has 0 fully saturated rings. The van der Waals surface area contributed by atoms with Crippen molar-refractivity contribution in [3.8, 4) is 11.5 Å². The lowest BCUT2D eigenvalue weighted by atomic mass is 10.3. The van der Waals surface area contributed by atoms with Crippen molar-refractivity contribution in [2.45, 2.75) is 13.0 Å². The van der Waals surface area contributed by atoms with Gasteiger partial charge in [-0.1, -0.05) is 0 Å². The quantitative estimate of drug-likeness (QED) is 0.641. The fourth-order valence-corrected chi connectivity index (χ4v) is 2.55. The summed E-state index contributed by atoms with van der Waals surface area (Å²) in [5.74, 6) is 1.26. The highest BCUT2D eigenvalue weighted by Crippen LogP contribution is 2.16. The lowest BCUT2D eigenvalue weighted by Crippen LogP contribution is -2.30. The van der Waals surface area contributed by atoms with Crippen LogP contribution in [-0.2, 0) is 11.3 Å². The lowest BCUT2D eigenvalue weighted by molar-refractivity contribution is -0.123. The third-order valence-corrected chi connectivity index (χ3v) is 3.85. The number of hydrogen-bond donors (Lipinski definition) is 1. The number of carbonyl (C=O) groups is 1. The monoisotopic (exact) mass is 339 g/mol. The van der Waals surface area contributed by atoms with Gasteiger partial charge in [-0.3, -0.25) is 4.79 Å². The fraction of sp³-hybridized carbons (Fsp3) is 0.263. The molecule has 0 saturated carbocycles. The minimum Gasteiger partial charge on any atom is -0.497 e. The van der Waals surface area contributed by atoms with Crippen molar-refractivity contribution in [3.05, 3.63) is 54.9 Å². The second kappa shape index (κ2) is 8.19. The molecule has 0 radical (unpaired) electrons. The predicted octanol–water partition coefficient (Wildman–Crippen LogP) is 2.63. The number of nitrogens with one attached hydrogen (secondary N) is 1. The van der Waals surface area contributed by atoms with Crippen LogP contribution in [0, 0.1) is 0 Å². The first-order valence-corrected chi connectivity index (χ1v) is 8.19. The average Bonchev–Trinajstić information content (AvgIpc) is 3.07. The van der Waals surface area contributed by atoms with Crippen molar-refractivity contribution in [3.63, 3.8) is 0 Å². The molecule has 0 atom stereocenters. The van der Waals surface area contributed by atoms with E-state index in [0.29, 0.717) is 12.3 Å². The van der Waals surface area contributed by atoms with Crippen LogP contribution in [0.25, 0.3) is 11.0 Å². The maximum Gasteiger partial charge on any atom is 0.257 e. The van der Waals surface area contributed by atoms with Crippen LogP contribution in [-0.4, -0.2) is 35.7 Å². The molecular weight excluding hydrogens is 318 g/mol. The number of methoxy groups -OCH3 is 1. The Morgan fingerprint density at radius 2 is 1.96 bits per heavy atom. The maximum atomic E-state index is 11.8. The number of hydrogen-bond acceptors (Lipinski definition) is 4. The zero-order valence-electron chi connectivity index (χ0n) is 14.1. The number of ether oxygens (including phenoxy) is 2. The SMILES string of the molecule is COc1ccc(OCC(=O)NCCCn2ccc3cccnc32)cc1. The van der Waals surface area contributed by atoms with Gasteiger partial charge in [-0.2, -0.15) is 0 Å². The number of fused-ring (bicyclic) bond motifs is 1. The number of aromatic nitrogens is 2. The van der Waals surface area contributed by atoms with Crippen molar-refractivity contribution in [1.82, 2.24) is 14.9 Å². The summed E-state index contributed by atoms with van der Waals surface area (Å²) in [7, 11) is 1.61. The summed E-state index contributed by atoms with van der Waals surface area (Å²) in [5.41, 5.74) is 0.969. The Morgan fingerprint density at radius 1 is 1.16 bits per heavy atom. The van der Waals surface area contributed by atoms with E-state index in [1.807, 2.05) is 24.4 Å².